The number of halogens is 17. The molecule has 0 bridgehead atoms. The minimum absolute atomic E-state index is 3.13. The molecule has 28 heavy (non-hydrogen) atoms. The Morgan fingerprint density at radius 3 is 1.07 bits per heavy atom. The Morgan fingerprint density at radius 1 is 0.464 bits per heavy atom. The van der Waals surface area contributed by atoms with Crippen LogP contribution in [-0.2, 0) is 0 Å². The highest BCUT2D eigenvalue weighted by Crippen LogP contribution is 2.60. The van der Waals surface area contributed by atoms with E-state index in [0.29, 0.717) is 0 Å². The molecule has 0 aromatic heterocycles. The minimum atomic E-state index is -8.28. The van der Waals surface area contributed by atoms with Crippen molar-refractivity contribution in [2.45, 2.75) is 60.6 Å². The Bertz CT molecular complexity index is 537. The third kappa shape index (κ3) is 3.67. The quantitative estimate of drug-likeness (QED) is 0.379. The van der Waals surface area contributed by atoms with Crippen molar-refractivity contribution in [3.63, 3.8) is 0 Å². The van der Waals surface area contributed by atoms with E-state index < -0.39 is 60.6 Å². The van der Waals surface area contributed by atoms with Crippen molar-refractivity contribution in [1.82, 2.24) is 0 Å². The standard InChI is InChI=1S/C10H6F17N/c11-1(2(12)4(14)15)3(13)5(16,17)6(18,19)7(20,21)8(22,23)9(24,25)10(26,27)28/h1-4H,28H2. The molecule has 1 nitrogen and oxygen atoms in total. The third-order valence-electron chi connectivity index (χ3n) is 3.19. The van der Waals surface area contributed by atoms with Gasteiger partial charge >= 0.3 is 35.7 Å². The van der Waals surface area contributed by atoms with Gasteiger partial charge in [0.25, 0.3) is 6.43 Å². The Kier molecular flexibility index (Phi) is 6.91. The van der Waals surface area contributed by atoms with Gasteiger partial charge in [0, 0.05) is 0 Å². The molecule has 0 saturated carbocycles. The van der Waals surface area contributed by atoms with E-state index in [0.717, 1.165) is 0 Å². The Hall–Kier alpha value is -1.23. The highest BCUT2D eigenvalue weighted by Gasteiger charge is 2.91. The lowest BCUT2D eigenvalue weighted by atomic mass is 9.89. The predicted octanol–water partition coefficient (Wildman–Crippen LogP) is 4.99. The fourth-order valence-electron chi connectivity index (χ4n) is 1.49. The summed E-state index contributed by atoms with van der Waals surface area (Å²) in [5.74, 6) is -39.8. The van der Waals surface area contributed by atoms with Crippen molar-refractivity contribution in [2.75, 3.05) is 0 Å². The van der Waals surface area contributed by atoms with Crippen molar-refractivity contribution in [1.29, 1.82) is 0 Å². The Balaban J connectivity index is 6.32. The number of nitrogens with two attached hydrogens (primary N) is 1. The maximum Gasteiger partial charge on any atom is 0.392 e. The second-order valence-electron chi connectivity index (χ2n) is 5.17. The van der Waals surface area contributed by atoms with Crippen LogP contribution in [0.3, 0.4) is 0 Å². The average Bonchev–Trinajstić information content (AvgIpc) is 2.50. The van der Waals surface area contributed by atoms with E-state index >= 15 is 0 Å². The largest absolute Gasteiger partial charge is 0.392 e. The first kappa shape index (κ1) is 26.8. The topological polar surface area (TPSA) is 26.0 Å². The lowest BCUT2D eigenvalue weighted by Crippen LogP contribution is -2.73. The number of hydrogen-bond donors (Lipinski definition) is 1. The molecule has 0 radical (unpaired) electrons. The molecule has 18 heteroatoms. The van der Waals surface area contributed by atoms with Crippen LogP contribution in [0.15, 0.2) is 0 Å². The monoisotopic (exact) mass is 463 g/mol. The zero-order valence-corrected chi connectivity index (χ0v) is 12.3. The van der Waals surface area contributed by atoms with Crippen LogP contribution in [0.25, 0.3) is 0 Å². The second kappa shape index (κ2) is 7.23. The summed E-state index contributed by atoms with van der Waals surface area (Å²) in [6.45, 7) is 0. The summed E-state index contributed by atoms with van der Waals surface area (Å²) >= 11 is 0. The highest BCUT2D eigenvalue weighted by atomic mass is 19.4. The SMILES string of the molecule is NC(F)(F)C(F)(F)C(F)(F)C(F)(F)C(F)(F)C(F)(F)C(F)C(F)C(F)C(F)F. The van der Waals surface area contributed by atoms with E-state index in [-0.39, 0.29) is 0 Å². The molecule has 0 amide bonds. The number of alkyl halides is 17. The van der Waals surface area contributed by atoms with Crippen LogP contribution in [0.1, 0.15) is 0 Å². The van der Waals surface area contributed by atoms with Gasteiger partial charge in [-0.2, -0.15) is 52.7 Å². The molecule has 0 spiro atoms. The molecule has 0 saturated heterocycles. The molecular formula is C10H6F17N. The first-order chi connectivity index (χ1) is 11.9. The minimum Gasteiger partial charge on any atom is -0.267 e. The maximum atomic E-state index is 13.2. The molecule has 0 aromatic rings. The van der Waals surface area contributed by atoms with Gasteiger partial charge in [0.15, 0.2) is 12.3 Å². The van der Waals surface area contributed by atoms with E-state index in [4.69, 9.17) is 0 Å². The zero-order valence-electron chi connectivity index (χ0n) is 12.3. The van der Waals surface area contributed by atoms with Crippen LogP contribution in [0.4, 0.5) is 74.6 Å². The molecule has 3 unspecified atom stereocenters. The van der Waals surface area contributed by atoms with Gasteiger partial charge in [-0.25, -0.2) is 22.0 Å². The fraction of sp³-hybridized carbons (Fsp3) is 1.00. The normalized spacial score (nSPS) is 19.0. The maximum absolute atomic E-state index is 13.2. The molecule has 0 aliphatic carbocycles. The summed E-state index contributed by atoms with van der Waals surface area (Å²) in [7, 11) is 0. The van der Waals surface area contributed by atoms with E-state index in [1.165, 1.54) is 0 Å². The van der Waals surface area contributed by atoms with Crippen molar-refractivity contribution in [3.8, 4) is 0 Å². The summed E-state index contributed by atoms with van der Waals surface area (Å²) in [6.07, 6.45) is -20.1. The van der Waals surface area contributed by atoms with Crippen LogP contribution in [0.2, 0.25) is 0 Å². The van der Waals surface area contributed by atoms with Crippen LogP contribution in [0, 0.1) is 0 Å². The molecule has 3 atom stereocenters. The Labute approximate surface area is 142 Å². The summed E-state index contributed by atoms with van der Waals surface area (Å²) < 4.78 is 216. The lowest BCUT2D eigenvalue weighted by Gasteiger charge is -2.41. The first-order valence-electron chi connectivity index (χ1n) is 6.19. The smallest absolute Gasteiger partial charge is 0.267 e. The van der Waals surface area contributed by atoms with Crippen LogP contribution < -0.4 is 5.73 Å². The van der Waals surface area contributed by atoms with E-state index in [2.05, 4.69) is 5.73 Å². The van der Waals surface area contributed by atoms with Crippen molar-refractivity contribution >= 4 is 0 Å². The van der Waals surface area contributed by atoms with E-state index in [9.17, 15) is 74.6 Å². The van der Waals surface area contributed by atoms with Crippen LogP contribution in [0.5, 0.6) is 0 Å². The predicted molar refractivity (Wildman–Crippen MR) is 54.6 cm³/mol. The average molecular weight is 463 g/mol. The first-order valence-corrected chi connectivity index (χ1v) is 6.19. The van der Waals surface area contributed by atoms with Gasteiger partial charge in [-0.1, -0.05) is 0 Å². The molecule has 0 fully saturated rings. The molecular weight excluding hydrogens is 457 g/mol. The van der Waals surface area contributed by atoms with Gasteiger partial charge in [0.05, 0.1) is 0 Å². The van der Waals surface area contributed by atoms with Gasteiger partial charge in [0.1, 0.15) is 0 Å². The van der Waals surface area contributed by atoms with E-state index in [1.807, 2.05) is 0 Å². The Morgan fingerprint density at radius 2 is 0.786 bits per heavy atom. The molecule has 170 valence electrons. The van der Waals surface area contributed by atoms with Crippen molar-refractivity contribution in [2.24, 2.45) is 5.73 Å². The fourth-order valence-corrected chi connectivity index (χ4v) is 1.49. The second-order valence-corrected chi connectivity index (χ2v) is 5.17. The molecule has 0 aliphatic rings. The number of hydrogen-bond acceptors (Lipinski definition) is 1. The molecule has 0 aliphatic heterocycles. The molecule has 0 rings (SSSR count). The van der Waals surface area contributed by atoms with Gasteiger partial charge in [-0.05, 0) is 0 Å². The molecule has 0 heterocycles. The lowest BCUT2D eigenvalue weighted by molar-refractivity contribution is -0.429. The summed E-state index contributed by atoms with van der Waals surface area (Å²) in [5.41, 5.74) is 3.13. The van der Waals surface area contributed by atoms with E-state index in [1.54, 1.807) is 0 Å². The van der Waals surface area contributed by atoms with Gasteiger partial charge in [-0.15, -0.1) is 0 Å². The molecule has 0 aromatic carbocycles. The summed E-state index contributed by atoms with van der Waals surface area (Å²) in [6, 6.07) is -6.72. The van der Waals surface area contributed by atoms with Crippen LogP contribution in [-0.4, -0.2) is 60.6 Å². The van der Waals surface area contributed by atoms with Gasteiger partial charge < -0.3 is 0 Å². The zero-order chi connectivity index (χ0) is 23.3. The van der Waals surface area contributed by atoms with Crippen molar-refractivity contribution < 1.29 is 74.6 Å². The summed E-state index contributed by atoms with van der Waals surface area (Å²) in [4.78, 5) is 0. The summed E-state index contributed by atoms with van der Waals surface area (Å²) in [5, 5.41) is 0. The molecule has 2 N–H and O–H groups in total. The van der Waals surface area contributed by atoms with Gasteiger partial charge in [0.2, 0.25) is 6.17 Å². The van der Waals surface area contributed by atoms with Crippen LogP contribution >= 0.6 is 0 Å². The highest BCUT2D eigenvalue weighted by molar-refractivity contribution is 5.13. The van der Waals surface area contributed by atoms with Crippen molar-refractivity contribution in [3.05, 3.63) is 0 Å². The number of rotatable bonds is 9. The van der Waals surface area contributed by atoms with Gasteiger partial charge in [-0.3, -0.25) is 5.73 Å². The third-order valence-corrected chi connectivity index (χ3v) is 3.19.